The predicted molar refractivity (Wildman–Crippen MR) is 82.1 cm³/mol. The molecule has 0 radical (unpaired) electrons. The highest BCUT2D eigenvalue weighted by Crippen LogP contribution is 2.41. The van der Waals surface area contributed by atoms with Crippen LogP contribution in [0.3, 0.4) is 0 Å². The van der Waals surface area contributed by atoms with Crippen molar-refractivity contribution in [2.45, 2.75) is 63.9 Å². The van der Waals surface area contributed by atoms with Crippen molar-refractivity contribution in [2.75, 3.05) is 5.75 Å². The Kier molecular flexibility index (Phi) is 4.85. The maximum Gasteiger partial charge on any atom is 0.0850 e. The Bertz CT molecular complexity index is 441. The number of aromatic nitrogens is 2. The van der Waals surface area contributed by atoms with E-state index in [1.165, 1.54) is 6.42 Å². The fraction of sp³-hybridized carbons (Fsp3) is 0.786. The number of aryl methyl sites for hydroxylation is 2. The van der Waals surface area contributed by atoms with E-state index in [2.05, 4.69) is 25.9 Å². The van der Waals surface area contributed by atoms with Gasteiger partial charge in [-0.2, -0.15) is 16.9 Å². The van der Waals surface area contributed by atoms with Crippen LogP contribution in [0.1, 0.15) is 45.0 Å². The van der Waals surface area contributed by atoms with Gasteiger partial charge in [-0.15, -0.1) is 0 Å². The fourth-order valence-electron chi connectivity index (χ4n) is 2.67. The van der Waals surface area contributed by atoms with E-state index in [0.717, 1.165) is 41.5 Å². The molecule has 1 aromatic heterocycles. The molecule has 1 N–H and O–H groups in total. The zero-order valence-corrected chi connectivity index (χ0v) is 13.5. The first-order valence-corrected chi connectivity index (χ1v) is 8.44. The molecule has 5 heteroatoms. The second-order valence-corrected chi connectivity index (χ2v) is 7.37. The quantitative estimate of drug-likeness (QED) is 0.907. The Hall–Kier alpha value is -0.190. The first-order chi connectivity index (χ1) is 9.01. The van der Waals surface area contributed by atoms with E-state index in [9.17, 15) is 5.11 Å². The van der Waals surface area contributed by atoms with Crippen LogP contribution in [0.15, 0.2) is 0 Å². The molecule has 2 unspecified atom stereocenters. The second-order valence-electron chi connectivity index (χ2n) is 5.36. The van der Waals surface area contributed by atoms with Crippen molar-refractivity contribution >= 4 is 23.4 Å². The lowest BCUT2D eigenvalue weighted by molar-refractivity contribution is 0.131. The topological polar surface area (TPSA) is 38.0 Å². The summed E-state index contributed by atoms with van der Waals surface area (Å²) in [6, 6.07) is 0. The third kappa shape index (κ3) is 2.96. The monoisotopic (exact) mass is 302 g/mol. The molecule has 0 spiro atoms. The average Bonchev–Trinajstić information content (AvgIpc) is 2.96. The van der Waals surface area contributed by atoms with Gasteiger partial charge >= 0.3 is 0 Å². The Labute approximate surface area is 124 Å². The molecule has 1 aromatic rings. The van der Waals surface area contributed by atoms with Gasteiger partial charge in [0.1, 0.15) is 0 Å². The van der Waals surface area contributed by atoms with Crippen molar-refractivity contribution in [3.05, 3.63) is 16.4 Å². The van der Waals surface area contributed by atoms with Crippen LogP contribution in [-0.4, -0.2) is 31.5 Å². The van der Waals surface area contributed by atoms with Crippen molar-refractivity contribution in [1.82, 2.24) is 9.78 Å². The fourth-order valence-corrected chi connectivity index (χ4v) is 4.34. The molecule has 1 fully saturated rings. The van der Waals surface area contributed by atoms with Gasteiger partial charge in [-0.25, -0.2) is 0 Å². The van der Waals surface area contributed by atoms with Crippen LogP contribution >= 0.6 is 23.4 Å². The van der Waals surface area contributed by atoms with Gasteiger partial charge in [-0.1, -0.05) is 18.5 Å². The van der Waals surface area contributed by atoms with E-state index in [4.69, 9.17) is 11.6 Å². The number of thioether (sulfide) groups is 1. The molecule has 0 aromatic carbocycles. The summed E-state index contributed by atoms with van der Waals surface area (Å²) in [5.74, 6) is 1.15. The third-order valence-electron chi connectivity index (χ3n) is 4.04. The molecule has 1 aliphatic rings. The highest BCUT2D eigenvalue weighted by molar-refractivity contribution is 8.00. The largest absolute Gasteiger partial charge is 0.391 e. The molecule has 3 nitrogen and oxygen atoms in total. The summed E-state index contributed by atoms with van der Waals surface area (Å²) in [7, 11) is 0. The van der Waals surface area contributed by atoms with Crippen LogP contribution < -0.4 is 0 Å². The summed E-state index contributed by atoms with van der Waals surface area (Å²) in [5, 5.41) is 15.8. The highest BCUT2D eigenvalue weighted by Gasteiger charge is 2.37. The molecular weight excluding hydrogens is 280 g/mol. The van der Waals surface area contributed by atoms with E-state index in [0.29, 0.717) is 6.42 Å². The molecule has 1 saturated heterocycles. The lowest BCUT2D eigenvalue weighted by Gasteiger charge is -2.29. The van der Waals surface area contributed by atoms with Crippen molar-refractivity contribution < 1.29 is 5.11 Å². The van der Waals surface area contributed by atoms with E-state index in [1.54, 1.807) is 0 Å². The Morgan fingerprint density at radius 3 is 2.79 bits per heavy atom. The van der Waals surface area contributed by atoms with Gasteiger partial charge in [0.25, 0.3) is 0 Å². The maximum absolute atomic E-state index is 10.6. The summed E-state index contributed by atoms with van der Waals surface area (Å²) >= 11 is 8.28. The molecular formula is C14H23ClN2OS. The van der Waals surface area contributed by atoms with Crippen LogP contribution in [0.5, 0.6) is 0 Å². The molecule has 19 heavy (non-hydrogen) atoms. The van der Waals surface area contributed by atoms with Gasteiger partial charge in [0.15, 0.2) is 0 Å². The number of halogens is 1. The van der Waals surface area contributed by atoms with Crippen LogP contribution in [0, 0.1) is 0 Å². The van der Waals surface area contributed by atoms with Gasteiger partial charge < -0.3 is 5.11 Å². The van der Waals surface area contributed by atoms with Gasteiger partial charge in [0.2, 0.25) is 0 Å². The number of hydrogen-bond acceptors (Lipinski definition) is 3. The standard InChI is InChI=1S/C14H23ClN2OS/c1-4-10-13(15)11(17(5-2)16-10)9-12(18)14(3)7-6-8-19-14/h12,18H,4-9H2,1-3H3. The average molecular weight is 303 g/mol. The summed E-state index contributed by atoms with van der Waals surface area (Å²) in [6.07, 6.45) is 3.35. The molecule has 2 heterocycles. The molecule has 108 valence electrons. The van der Waals surface area contributed by atoms with Crippen molar-refractivity contribution in [3.8, 4) is 0 Å². The molecule has 0 saturated carbocycles. The van der Waals surface area contributed by atoms with Crippen LogP contribution in [0.4, 0.5) is 0 Å². The van der Waals surface area contributed by atoms with Crippen molar-refractivity contribution in [3.63, 3.8) is 0 Å². The molecule has 0 bridgehead atoms. The third-order valence-corrected chi connectivity index (χ3v) is 6.10. The lowest BCUT2D eigenvalue weighted by atomic mass is 9.95. The van der Waals surface area contributed by atoms with Crippen LogP contribution in [0.25, 0.3) is 0 Å². The number of rotatable bonds is 5. The molecule has 0 amide bonds. The zero-order chi connectivity index (χ0) is 14.0. The smallest absolute Gasteiger partial charge is 0.0850 e. The van der Waals surface area contributed by atoms with Crippen LogP contribution in [-0.2, 0) is 19.4 Å². The number of aliphatic hydroxyl groups excluding tert-OH is 1. The summed E-state index contributed by atoms with van der Waals surface area (Å²) < 4.78 is 1.91. The minimum absolute atomic E-state index is 0.0292. The molecule has 0 aliphatic carbocycles. The zero-order valence-electron chi connectivity index (χ0n) is 11.9. The Morgan fingerprint density at radius 2 is 2.26 bits per heavy atom. The normalized spacial score (nSPS) is 24.9. The van der Waals surface area contributed by atoms with Gasteiger partial charge in [-0.3, -0.25) is 4.68 Å². The number of aliphatic hydroxyl groups is 1. The second kappa shape index (κ2) is 6.06. The first kappa shape index (κ1) is 15.2. The molecule has 2 atom stereocenters. The van der Waals surface area contributed by atoms with E-state index < -0.39 is 0 Å². The van der Waals surface area contributed by atoms with E-state index in [1.807, 2.05) is 16.4 Å². The van der Waals surface area contributed by atoms with E-state index in [-0.39, 0.29) is 10.9 Å². The van der Waals surface area contributed by atoms with Gasteiger partial charge in [-0.05, 0) is 38.9 Å². The Balaban J connectivity index is 2.20. The minimum atomic E-state index is -0.357. The first-order valence-electron chi connectivity index (χ1n) is 7.08. The summed E-state index contributed by atoms with van der Waals surface area (Å²) in [5.41, 5.74) is 1.93. The van der Waals surface area contributed by atoms with Gasteiger partial charge in [0.05, 0.1) is 22.5 Å². The highest BCUT2D eigenvalue weighted by atomic mass is 35.5. The molecule has 2 rings (SSSR count). The van der Waals surface area contributed by atoms with Crippen molar-refractivity contribution in [1.29, 1.82) is 0 Å². The van der Waals surface area contributed by atoms with E-state index >= 15 is 0 Å². The Morgan fingerprint density at radius 1 is 1.53 bits per heavy atom. The SMILES string of the molecule is CCc1nn(CC)c(CC(O)C2(C)CCCS2)c1Cl. The van der Waals surface area contributed by atoms with Crippen LogP contribution in [0.2, 0.25) is 5.02 Å². The molecule has 1 aliphatic heterocycles. The lowest BCUT2D eigenvalue weighted by Crippen LogP contribution is -2.36. The summed E-state index contributed by atoms with van der Waals surface area (Å²) in [6.45, 7) is 7.08. The number of hydrogen-bond donors (Lipinski definition) is 1. The number of nitrogens with zero attached hydrogens (tertiary/aromatic N) is 2. The van der Waals surface area contributed by atoms with Gasteiger partial charge in [0, 0.05) is 17.7 Å². The van der Waals surface area contributed by atoms with Crippen molar-refractivity contribution in [2.24, 2.45) is 0 Å². The minimum Gasteiger partial charge on any atom is -0.391 e. The maximum atomic E-state index is 10.6. The predicted octanol–water partition coefficient (Wildman–Crippen LogP) is 3.31. The summed E-state index contributed by atoms with van der Waals surface area (Å²) in [4.78, 5) is 0.